The highest BCUT2D eigenvalue weighted by atomic mass is 32.2. The van der Waals surface area contributed by atoms with Gasteiger partial charge in [0, 0.05) is 6.92 Å². The van der Waals surface area contributed by atoms with Crippen molar-refractivity contribution in [3.63, 3.8) is 0 Å². The molecule has 3 rings (SSSR count). The molecule has 0 radical (unpaired) electrons. The van der Waals surface area contributed by atoms with Crippen LogP contribution in [0.25, 0.3) is 11.0 Å². The number of H-pyrrole nitrogens is 1. The van der Waals surface area contributed by atoms with Gasteiger partial charge < -0.3 is 9.51 Å². The third-order valence-corrected chi connectivity index (χ3v) is 3.61. The number of aryl methyl sites for hydroxylation is 1. The highest BCUT2D eigenvalue weighted by molar-refractivity contribution is 7.99. The second-order valence-corrected chi connectivity index (χ2v) is 5.36. The van der Waals surface area contributed by atoms with Crippen molar-refractivity contribution in [2.24, 2.45) is 0 Å². The van der Waals surface area contributed by atoms with Crippen LogP contribution in [0.15, 0.2) is 28.8 Å². The Morgan fingerprint density at radius 3 is 3.00 bits per heavy atom. The van der Waals surface area contributed by atoms with Crippen LogP contribution >= 0.6 is 11.8 Å². The van der Waals surface area contributed by atoms with Gasteiger partial charge in [-0.3, -0.25) is 10.1 Å². The number of aromatic nitrogens is 4. The minimum Gasteiger partial charge on any atom is -0.340 e. The molecule has 0 aliphatic rings. The van der Waals surface area contributed by atoms with E-state index in [0.29, 0.717) is 29.2 Å². The smallest absolute Gasteiger partial charge is 0.236 e. The van der Waals surface area contributed by atoms with Crippen LogP contribution in [0.4, 0.5) is 5.95 Å². The summed E-state index contributed by atoms with van der Waals surface area (Å²) in [6, 6.07) is 7.60. The summed E-state index contributed by atoms with van der Waals surface area (Å²) in [7, 11) is 0. The van der Waals surface area contributed by atoms with Crippen molar-refractivity contribution in [2.75, 3.05) is 11.1 Å². The molecule has 0 atom stereocenters. The van der Waals surface area contributed by atoms with Gasteiger partial charge in [-0.1, -0.05) is 17.3 Å². The number of rotatable bonds is 5. The summed E-state index contributed by atoms with van der Waals surface area (Å²) >= 11 is 1.42. The summed E-state index contributed by atoms with van der Waals surface area (Å²) < 4.78 is 4.86. The van der Waals surface area contributed by atoms with Crippen molar-refractivity contribution in [3.05, 3.63) is 36.0 Å². The number of nitrogens with one attached hydrogen (secondary N) is 2. The van der Waals surface area contributed by atoms with Crippen molar-refractivity contribution in [3.8, 4) is 0 Å². The summed E-state index contributed by atoms with van der Waals surface area (Å²) in [6.07, 6.45) is 0. The van der Waals surface area contributed by atoms with Crippen molar-refractivity contribution < 1.29 is 9.32 Å². The lowest BCUT2D eigenvalue weighted by atomic mass is 10.3. The van der Waals surface area contributed by atoms with Gasteiger partial charge >= 0.3 is 0 Å². The fraction of sp³-hybridized carbons (Fsp3) is 0.231. The Labute approximate surface area is 124 Å². The van der Waals surface area contributed by atoms with Crippen LogP contribution < -0.4 is 5.32 Å². The molecule has 0 saturated carbocycles. The maximum absolute atomic E-state index is 11.8. The predicted octanol–water partition coefficient (Wildman–Crippen LogP) is 2.13. The number of carbonyl (C=O) groups is 1. The van der Waals surface area contributed by atoms with Crippen LogP contribution in [0.5, 0.6) is 0 Å². The minimum atomic E-state index is -0.126. The maximum atomic E-state index is 11.8. The van der Waals surface area contributed by atoms with E-state index in [1.54, 1.807) is 6.92 Å². The highest BCUT2D eigenvalue weighted by Gasteiger charge is 2.08. The zero-order valence-electron chi connectivity index (χ0n) is 11.3. The molecule has 21 heavy (non-hydrogen) atoms. The molecule has 1 aromatic carbocycles. The number of fused-ring (bicyclic) bond motifs is 1. The van der Waals surface area contributed by atoms with Gasteiger partial charge in [-0.15, -0.1) is 11.8 Å². The fourth-order valence-corrected chi connectivity index (χ4v) is 2.47. The topological polar surface area (TPSA) is 96.7 Å². The molecule has 0 aliphatic heterocycles. The molecule has 2 N–H and O–H groups in total. The van der Waals surface area contributed by atoms with Gasteiger partial charge in [-0.25, -0.2) is 4.98 Å². The molecule has 0 unspecified atom stereocenters. The third kappa shape index (κ3) is 3.40. The lowest BCUT2D eigenvalue weighted by Gasteiger charge is -2.00. The van der Waals surface area contributed by atoms with Gasteiger partial charge in [-0.2, -0.15) is 4.98 Å². The Bertz CT molecular complexity index is 734. The van der Waals surface area contributed by atoms with E-state index in [1.807, 2.05) is 24.3 Å². The zero-order valence-corrected chi connectivity index (χ0v) is 12.1. The molecule has 3 aromatic rings. The second kappa shape index (κ2) is 5.96. The fourth-order valence-electron chi connectivity index (χ4n) is 1.82. The molecule has 2 aromatic heterocycles. The van der Waals surface area contributed by atoms with E-state index in [4.69, 9.17) is 4.52 Å². The van der Waals surface area contributed by atoms with Gasteiger partial charge in [0.2, 0.25) is 17.7 Å². The average molecular weight is 303 g/mol. The van der Waals surface area contributed by atoms with Crippen LogP contribution in [0.3, 0.4) is 0 Å². The molecule has 0 spiro atoms. The number of imidazole rings is 1. The second-order valence-electron chi connectivity index (χ2n) is 4.37. The first-order chi connectivity index (χ1) is 10.2. The van der Waals surface area contributed by atoms with Crippen molar-refractivity contribution >= 4 is 34.7 Å². The number of hydrogen-bond donors (Lipinski definition) is 2. The third-order valence-electron chi connectivity index (χ3n) is 2.68. The summed E-state index contributed by atoms with van der Waals surface area (Å²) in [5, 5.41) is 6.50. The number of hydrogen-bond acceptors (Lipinski definition) is 6. The van der Waals surface area contributed by atoms with Gasteiger partial charge in [0.15, 0.2) is 5.82 Å². The molecule has 0 bridgehead atoms. The molecule has 2 heterocycles. The van der Waals surface area contributed by atoms with Crippen LogP contribution in [0, 0.1) is 6.92 Å². The van der Waals surface area contributed by atoms with E-state index in [9.17, 15) is 4.79 Å². The van der Waals surface area contributed by atoms with Crippen LogP contribution in [-0.2, 0) is 10.5 Å². The SMILES string of the molecule is Cc1nc(CSCC(=O)Nc2nc3ccccc3[nH]2)no1. The number of anilines is 1. The molecule has 0 fully saturated rings. The Morgan fingerprint density at radius 2 is 2.24 bits per heavy atom. The maximum Gasteiger partial charge on any atom is 0.236 e. The number of aromatic amines is 1. The summed E-state index contributed by atoms with van der Waals surface area (Å²) in [5.74, 6) is 2.28. The molecule has 8 heteroatoms. The van der Waals surface area contributed by atoms with E-state index in [1.165, 1.54) is 11.8 Å². The van der Waals surface area contributed by atoms with E-state index in [2.05, 4.69) is 25.4 Å². The van der Waals surface area contributed by atoms with E-state index in [-0.39, 0.29) is 5.91 Å². The standard InChI is InChI=1S/C13H13N5O2S/c1-8-14-11(18-20-8)6-21-7-12(19)17-13-15-9-4-2-3-5-10(9)16-13/h2-5H,6-7H2,1H3,(H2,15,16,17,19). The Kier molecular flexibility index (Phi) is 3.87. The van der Waals surface area contributed by atoms with Crippen LogP contribution in [0.2, 0.25) is 0 Å². The van der Waals surface area contributed by atoms with Gasteiger partial charge in [0.25, 0.3) is 0 Å². The van der Waals surface area contributed by atoms with Crippen LogP contribution in [-0.4, -0.2) is 31.8 Å². The molecular weight excluding hydrogens is 290 g/mol. The van der Waals surface area contributed by atoms with E-state index in [0.717, 1.165) is 11.0 Å². The molecular formula is C13H13N5O2S. The highest BCUT2D eigenvalue weighted by Crippen LogP contribution is 2.14. The van der Waals surface area contributed by atoms with Crippen molar-refractivity contribution in [2.45, 2.75) is 12.7 Å². The van der Waals surface area contributed by atoms with Crippen molar-refractivity contribution in [1.82, 2.24) is 20.1 Å². The quantitative estimate of drug-likeness (QED) is 0.749. The molecule has 0 aliphatic carbocycles. The molecule has 0 saturated heterocycles. The van der Waals surface area contributed by atoms with Crippen molar-refractivity contribution in [1.29, 1.82) is 0 Å². The number of para-hydroxylation sites is 2. The summed E-state index contributed by atoms with van der Waals surface area (Å²) in [6.45, 7) is 1.73. The first kappa shape index (κ1) is 13.6. The van der Waals surface area contributed by atoms with Crippen LogP contribution in [0.1, 0.15) is 11.7 Å². The molecule has 7 nitrogen and oxygen atoms in total. The van der Waals surface area contributed by atoms with Gasteiger partial charge in [0.1, 0.15) is 0 Å². The van der Waals surface area contributed by atoms with E-state index < -0.39 is 0 Å². The number of benzene rings is 1. The number of thioether (sulfide) groups is 1. The monoisotopic (exact) mass is 303 g/mol. The first-order valence-electron chi connectivity index (χ1n) is 6.32. The summed E-state index contributed by atoms with van der Waals surface area (Å²) in [4.78, 5) is 23.2. The lowest BCUT2D eigenvalue weighted by Crippen LogP contribution is -2.15. The van der Waals surface area contributed by atoms with E-state index >= 15 is 0 Å². The minimum absolute atomic E-state index is 0.126. The molecule has 108 valence electrons. The average Bonchev–Trinajstić information content (AvgIpc) is 3.04. The largest absolute Gasteiger partial charge is 0.340 e. The number of nitrogens with zero attached hydrogens (tertiary/aromatic N) is 3. The zero-order chi connectivity index (χ0) is 14.7. The van der Waals surface area contributed by atoms with Gasteiger partial charge in [-0.05, 0) is 12.1 Å². The Hall–Kier alpha value is -2.35. The summed E-state index contributed by atoms with van der Waals surface area (Å²) in [5.41, 5.74) is 1.71. The van der Waals surface area contributed by atoms with Gasteiger partial charge in [0.05, 0.1) is 22.5 Å². The first-order valence-corrected chi connectivity index (χ1v) is 7.48. The lowest BCUT2D eigenvalue weighted by molar-refractivity contribution is -0.113. The predicted molar refractivity (Wildman–Crippen MR) is 79.9 cm³/mol. The normalized spacial score (nSPS) is 10.9. The molecule has 1 amide bonds. The Morgan fingerprint density at radius 1 is 1.38 bits per heavy atom. The number of carbonyl (C=O) groups excluding carboxylic acids is 1. The number of amides is 1. The Balaban J connectivity index is 1.51.